The number of nitrogens with zero attached hydrogens (tertiary/aromatic N) is 1. The number of amides is 2. The Morgan fingerprint density at radius 3 is 2.37 bits per heavy atom. The topological polar surface area (TPSA) is 81.7 Å². The van der Waals surface area contributed by atoms with Crippen molar-refractivity contribution in [1.29, 1.82) is 0 Å². The van der Waals surface area contributed by atoms with E-state index in [1.807, 2.05) is 42.5 Å². The number of benzene rings is 3. The zero-order valence-corrected chi connectivity index (χ0v) is 21.8. The first kappa shape index (κ1) is 27.5. The summed E-state index contributed by atoms with van der Waals surface area (Å²) in [7, 11) is 0. The minimum absolute atomic E-state index is 0.0762. The molecule has 1 aliphatic heterocycles. The van der Waals surface area contributed by atoms with Gasteiger partial charge in [-0.3, -0.25) is 4.79 Å². The highest BCUT2D eigenvalue weighted by Gasteiger charge is 2.32. The van der Waals surface area contributed by atoms with Crippen LogP contribution >= 0.6 is 0 Å². The van der Waals surface area contributed by atoms with Gasteiger partial charge in [0, 0.05) is 30.8 Å². The second-order valence-electron chi connectivity index (χ2n) is 10.4. The molecule has 3 aromatic rings. The fourth-order valence-corrected chi connectivity index (χ4v) is 5.10. The number of hydrogen-bond donors (Lipinski definition) is 3. The molecular weight excluding hydrogens is 481 g/mol. The number of nitrogens with one attached hydrogen (secondary N) is 2. The van der Waals surface area contributed by atoms with Crippen molar-refractivity contribution in [3.05, 3.63) is 101 Å². The Balaban J connectivity index is 1.35. The molecule has 3 aromatic carbocycles. The lowest BCUT2D eigenvalue weighted by atomic mass is 9.88. The summed E-state index contributed by atoms with van der Waals surface area (Å²) in [6.45, 7) is 3.70. The standard InChI is InChI=1S/C31H36FN3O3/c1-23(36)27-8-5-9-29(19-27)34-30(37)33-21-31(38,20-26-6-3-2-4-7-26)22-35-16-14-25(15-17-35)18-24-10-12-28(32)13-11-24/h2-13,19,25,38H,14-18,20-22H2,1H3,(H2,33,34,37)/t31-/m0/s1. The number of carbonyl (C=O) groups excluding carboxylic acids is 2. The van der Waals surface area contributed by atoms with Crippen LogP contribution in [0.3, 0.4) is 0 Å². The van der Waals surface area contributed by atoms with Crippen molar-refractivity contribution >= 4 is 17.5 Å². The van der Waals surface area contributed by atoms with Gasteiger partial charge in [0.25, 0.3) is 0 Å². The van der Waals surface area contributed by atoms with Crippen molar-refractivity contribution in [3.8, 4) is 0 Å². The summed E-state index contributed by atoms with van der Waals surface area (Å²) in [6.07, 6.45) is 3.33. The Morgan fingerprint density at radius 2 is 1.68 bits per heavy atom. The van der Waals surface area contributed by atoms with E-state index in [0.29, 0.717) is 30.1 Å². The van der Waals surface area contributed by atoms with E-state index in [4.69, 9.17) is 0 Å². The normalized spacial score (nSPS) is 16.0. The summed E-state index contributed by atoms with van der Waals surface area (Å²) in [5.74, 6) is 0.231. The number of hydrogen-bond acceptors (Lipinski definition) is 4. The quantitative estimate of drug-likeness (QED) is 0.328. The molecule has 0 unspecified atom stereocenters. The van der Waals surface area contributed by atoms with Crippen LogP contribution in [0.5, 0.6) is 0 Å². The number of anilines is 1. The number of halogens is 1. The van der Waals surface area contributed by atoms with E-state index in [1.54, 1.807) is 24.3 Å². The van der Waals surface area contributed by atoms with Crippen molar-refractivity contribution in [2.45, 2.75) is 38.2 Å². The summed E-state index contributed by atoms with van der Waals surface area (Å²) in [6, 6.07) is 22.9. The molecule has 0 spiro atoms. The van der Waals surface area contributed by atoms with Crippen molar-refractivity contribution in [2.24, 2.45) is 5.92 Å². The monoisotopic (exact) mass is 517 g/mol. The number of aliphatic hydroxyl groups is 1. The number of ketones is 1. The maximum atomic E-state index is 13.2. The van der Waals surface area contributed by atoms with Crippen LogP contribution in [0.15, 0.2) is 78.9 Å². The SMILES string of the molecule is CC(=O)c1cccc(NC(=O)NC[C@@](O)(Cc2ccccc2)CN2CCC(Cc3ccc(F)cc3)CC2)c1. The Morgan fingerprint density at radius 1 is 0.974 bits per heavy atom. The van der Waals surface area contributed by atoms with Gasteiger partial charge in [-0.2, -0.15) is 0 Å². The number of rotatable bonds is 10. The van der Waals surface area contributed by atoms with Crippen molar-refractivity contribution in [1.82, 2.24) is 10.2 Å². The van der Waals surface area contributed by atoms with Crippen molar-refractivity contribution in [3.63, 3.8) is 0 Å². The van der Waals surface area contributed by atoms with E-state index in [1.165, 1.54) is 19.1 Å². The van der Waals surface area contributed by atoms with Crippen LogP contribution in [-0.4, -0.2) is 53.6 Å². The molecule has 3 N–H and O–H groups in total. The molecule has 1 saturated heterocycles. The number of Topliss-reactive ketones (excluding diaryl/α,β-unsaturated/α-hetero) is 1. The Hall–Kier alpha value is -3.55. The first-order valence-electron chi connectivity index (χ1n) is 13.2. The first-order valence-corrected chi connectivity index (χ1v) is 13.2. The summed E-state index contributed by atoms with van der Waals surface area (Å²) in [5.41, 5.74) is 2.02. The third-order valence-corrected chi connectivity index (χ3v) is 7.14. The Bertz CT molecular complexity index is 1210. The average Bonchev–Trinajstić information content (AvgIpc) is 2.91. The van der Waals surface area contributed by atoms with Gasteiger partial charge in [-0.25, -0.2) is 9.18 Å². The smallest absolute Gasteiger partial charge is 0.319 e. The summed E-state index contributed by atoms with van der Waals surface area (Å²) in [4.78, 5) is 26.6. The van der Waals surface area contributed by atoms with Gasteiger partial charge in [0.1, 0.15) is 5.82 Å². The van der Waals surface area contributed by atoms with Gasteiger partial charge in [0.2, 0.25) is 0 Å². The molecule has 200 valence electrons. The molecule has 7 heteroatoms. The van der Waals surface area contributed by atoms with E-state index < -0.39 is 11.6 Å². The number of urea groups is 1. The van der Waals surface area contributed by atoms with E-state index in [9.17, 15) is 19.1 Å². The van der Waals surface area contributed by atoms with Gasteiger partial charge in [0.05, 0.1) is 5.60 Å². The lowest BCUT2D eigenvalue weighted by Gasteiger charge is -2.38. The number of piperidine rings is 1. The van der Waals surface area contributed by atoms with Crippen molar-refractivity contribution in [2.75, 3.05) is 31.5 Å². The first-order chi connectivity index (χ1) is 18.3. The molecule has 0 bridgehead atoms. The van der Waals surface area contributed by atoms with Crippen LogP contribution in [0, 0.1) is 11.7 Å². The number of β-amino-alcohol motifs (C(OH)–C–C–N with tert-alkyl or cyclic N) is 1. The Kier molecular flexibility index (Phi) is 9.26. The highest BCUT2D eigenvalue weighted by atomic mass is 19.1. The van der Waals surface area contributed by atoms with Gasteiger partial charge in [0.15, 0.2) is 5.78 Å². The van der Waals surface area contributed by atoms with Gasteiger partial charge in [-0.1, -0.05) is 54.6 Å². The van der Waals surface area contributed by atoms with Gasteiger partial charge in [-0.05, 0) is 80.6 Å². The van der Waals surface area contributed by atoms with Gasteiger partial charge in [-0.15, -0.1) is 0 Å². The predicted octanol–water partition coefficient (Wildman–Crippen LogP) is 5.08. The molecule has 0 aromatic heterocycles. The summed E-state index contributed by atoms with van der Waals surface area (Å²) in [5, 5.41) is 17.3. The summed E-state index contributed by atoms with van der Waals surface area (Å²) < 4.78 is 13.2. The van der Waals surface area contributed by atoms with Crippen LogP contribution in [0.1, 0.15) is 41.3 Å². The van der Waals surface area contributed by atoms with Crippen LogP contribution in [0.4, 0.5) is 14.9 Å². The highest BCUT2D eigenvalue weighted by Crippen LogP contribution is 2.24. The molecule has 0 aliphatic carbocycles. The highest BCUT2D eigenvalue weighted by molar-refractivity contribution is 5.96. The van der Waals surface area contributed by atoms with E-state index in [-0.39, 0.29) is 18.1 Å². The molecule has 1 aliphatic rings. The largest absolute Gasteiger partial charge is 0.386 e. The maximum absolute atomic E-state index is 13.2. The van der Waals surface area contributed by atoms with Crippen LogP contribution in [-0.2, 0) is 12.8 Å². The third-order valence-electron chi connectivity index (χ3n) is 7.14. The van der Waals surface area contributed by atoms with E-state index in [2.05, 4.69) is 15.5 Å². The summed E-state index contributed by atoms with van der Waals surface area (Å²) >= 11 is 0. The molecule has 0 radical (unpaired) electrons. The lowest BCUT2D eigenvalue weighted by Crippen LogP contribution is -2.54. The fourth-order valence-electron chi connectivity index (χ4n) is 5.10. The Labute approximate surface area is 223 Å². The molecule has 2 amide bonds. The fraction of sp³-hybridized carbons (Fsp3) is 0.355. The van der Waals surface area contributed by atoms with Gasteiger partial charge < -0.3 is 20.6 Å². The number of carbonyl (C=O) groups is 2. The zero-order chi connectivity index (χ0) is 27.0. The molecule has 38 heavy (non-hydrogen) atoms. The second-order valence-corrected chi connectivity index (χ2v) is 10.4. The average molecular weight is 518 g/mol. The third kappa shape index (κ3) is 8.23. The molecule has 6 nitrogen and oxygen atoms in total. The second kappa shape index (κ2) is 12.8. The molecule has 1 heterocycles. The minimum atomic E-state index is -1.16. The van der Waals surface area contributed by atoms with Crippen LogP contribution < -0.4 is 10.6 Å². The molecular formula is C31H36FN3O3. The van der Waals surface area contributed by atoms with E-state index >= 15 is 0 Å². The zero-order valence-electron chi connectivity index (χ0n) is 21.8. The maximum Gasteiger partial charge on any atom is 0.319 e. The van der Waals surface area contributed by atoms with Crippen molar-refractivity contribution < 1.29 is 19.1 Å². The molecule has 0 saturated carbocycles. The van der Waals surface area contributed by atoms with Crippen LogP contribution in [0.25, 0.3) is 0 Å². The minimum Gasteiger partial charge on any atom is -0.386 e. The number of likely N-dealkylation sites (tertiary alicyclic amines) is 1. The lowest BCUT2D eigenvalue weighted by molar-refractivity contribution is -0.00240. The van der Waals surface area contributed by atoms with Crippen LogP contribution in [0.2, 0.25) is 0 Å². The molecule has 1 fully saturated rings. The predicted molar refractivity (Wildman–Crippen MR) is 148 cm³/mol. The van der Waals surface area contributed by atoms with E-state index in [0.717, 1.165) is 43.5 Å². The van der Waals surface area contributed by atoms with Gasteiger partial charge >= 0.3 is 6.03 Å². The molecule has 1 atom stereocenters. The molecule has 4 rings (SSSR count).